The number of hydrogen-bond acceptors (Lipinski definition) is 3. The van der Waals surface area contributed by atoms with Gasteiger partial charge in [0.25, 0.3) is 0 Å². The summed E-state index contributed by atoms with van der Waals surface area (Å²) in [5.74, 6) is 1.09. The Balaban J connectivity index is 2.71. The molecule has 0 saturated heterocycles. The SMILES string of the molecule is CC(C)CC(CN(C)C)NC(=O)C1(C(N)=S)CC(C)C1. The molecular formula is C15H29N3OS. The molecule has 1 atom stereocenters. The van der Waals surface area contributed by atoms with Crippen molar-refractivity contribution in [2.24, 2.45) is 23.0 Å². The van der Waals surface area contributed by atoms with Crippen LogP contribution in [0.15, 0.2) is 0 Å². The Morgan fingerprint density at radius 2 is 2.00 bits per heavy atom. The molecule has 0 heterocycles. The summed E-state index contributed by atoms with van der Waals surface area (Å²) in [6.07, 6.45) is 2.53. The summed E-state index contributed by atoms with van der Waals surface area (Å²) in [7, 11) is 4.04. The van der Waals surface area contributed by atoms with Gasteiger partial charge < -0.3 is 16.0 Å². The molecule has 0 aromatic heterocycles. The summed E-state index contributed by atoms with van der Waals surface area (Å²) in [6, 6.07) is 0.152. The van der Waals surface area contributed by atoms with Crippen molar-refractivity contribution in [3.8, 4) is 0 Å². The average Bonchev–Trinajstić information content (AvgIpc) is 2.21. The molecule has 20 heavy (non-hydrogen) atoms. The quantitative estimate of drug-likeness (QED) is 0.704. The molecule has 3 N–H and O–H groups in total. The van der Waals surface area contributed by atoms with Crippen LogP contribution in [0, 0.1) is 17.3 Å². The van der Waals surface area contributed by atoms with Gasteiger partial charge in [-0.15, -0.1) is 0 Å². The van der Waals surface area contributed by atoms with Crippen molar-refractivity contribution in [2.75, 3.05) is 20.6 Å². The highest BCUT2D eigenvalue weighted by atomic mass is 32.1. The van der Waals surface area contributed by atoms with Crippen molar-refractivity contribution in [2.45, 2.75) is 46.1 Å². The van der Waals surface area contributed by atoms with E-state index in [4.69, 9.17) is 18.0 Å². The number of hydrogen-bond donors (Lipinski definition) is 2. The van der Waals surface area contributed by atoms with E-state index in [2.05, 4.69) is 31.0 Å². The number of amides is 1. The summed E-state index contributed by atoms with van der Waals surface area (Å²) < 4.78 is 0. The molecule has 0 aromatic rings. The van der Waals surface area contributed by atoms with Crippen molar-refractivity contribution in [3.05, 3.63) is 0 Å². The maximum absolute atomic E-state index is 12.6. The van der Waals surface area contributed by atoms with Gasteiger partial charge in [0.1, 0.15) is 0 Å². The highest BCUT2D eigenvalue weighted by molar-refractivity contribution is 7.80. The summed E-state index contributed by atoms with van der Waals surface area (Å²) >= 11 is 5.14. The molecular weight excluding hydrogens is 270 g/mol. The van der Waals surface area contributed by atoms with Gasteiger partial charge in [0.05, 0.1) is 10.4 Å². The third-order valence-corrected chi connectivity index (χ3v) is 4.37. The first-order valence-corrected chi connectivity index (χ1v) is 7.83. The normalized spacial score (nSPS) is 27.2. The Bertz CT molecular complexity index is 352. The zero-order valence-corrected chi connectivity index (χ0v) is 14.2. The van der Waals surface area contributed by atoms with Crippen molar-refractivity contribution < 1.29 is 4.79 Å². The van der Waals surface area contributed by atoms with E-state index in [1.807, 2.05) is 14.1 Å². The van der Waals surface area contributed by atoms with Gasteiger partial charge >= 0.3 is 0 Å². The van der Waals surface area contributed by atoms with E-state index in [0.717, 1.165) is 25.8 Å². The van der Waals surface area contributed by atoms with Crippen LogP contribution in [0.4, 0.5) is 0 Å². The van der Waals surface area contributed by atoms with Gasteiger partial charge in [-0.2, -0.15) is 0 Å². The third kappa shape index (κ3) is 4.16. The van der Waals surface area contributed by atoms with E-state index >= 15 is 0 Å². The average molecular weight is 299 g/mol. The van der Waals surface area contributed by atoms with E-state index in [1.54, 1.807) is 0 Å². The lowest BCUT2D eigenvalue weighted by atomic mass is 9.62. The zero-order valence-electron chi connectivity index (χ0n) is 13.4. The number of nitrogens with one attached hydrogen (secondary N) is 1. The molecule has 0 aromatic carbocycles. The molecule has 1 fully saturated rings. The van der Waals surface area contributed by atoms with Crippen LogP contribution in [0.1, 0.15) is 40.0 Å². The molecule has 1 unspecified atom stereocenters. The third-order valence-electron chi connectivity index (χ3n) is 3.98. The Hall–Kier alpha value is -0.680. The predicted molar refractivity (Wildman–Crippen MR) is 87.6 cm³/mol. The summed E-state index contributed by atoms with van der Waals surface area (Å²) in [5.41, 5.74) is 5.23. The molecule has 0 radical (unpaired) electrons. The number of likely N-dealkylation sites (N-methyl/N-ethyl adjacent to an activating group) is 1. The fraction of sp³-hybridized carbons (Fsp3) is 0.867. The Labute approximate surface area is 128 Å². The molecule has 0 spiro atoms. The maximum Gasteiger partial charge on any atom is 0.233 e. The minimum absolute atomic E-state index is 0.0237. The fourth-order valence-electron chi connectivity index (χ4n) is 3.14. The Morgan fingerprint density at radius 1 is 1.45 bits per heavy atom. The van der Waals surface area contributed by atoms with E-state index in [9.17, 15) is 4.79 Å². The summed E-state index contributed by atoms with van der Waals surface area (Å²) in [6.45, 7) is 7.31. The van der Waals surface area contributed by atoms with Crippen LogP contribution in [-0.4, -0.2) is 42.5 Å². The van der Waals surface area contributed by atoms with E-state index in [-0.39, 0.29) is 11.9 Å². The number of thiocarbonyl (C=S) groups is 1. The molecule has 0 aliphatic heterocycles. The smallest absolute Gasteiger partial charge is 0.233 e. The van der Waals surface area contributed by atoms with E-state index < -0.39 is 5.41 Å². The number of carbonyl (C=O) groups is 1. The molecule has 1 aliphatic carbocycles. The van der Waals surface area contributed by atoms with Crippen LogP contribution in [0.25, 0.3) is 0 Å². The standard InChI is InChI=1S/C15H29N3OS/c1-10(2)6-12(9-18(4)5)17-14(19)15(13(16)20)7-11(3)8-15/h10-12H,6-9H2,1-5H3,(H2,16,20)(H,17,19). The van der Waals surface area contributed by atoms with Crippen molar-refractivity contribution >= 4 is 23.1 Å². The molecule has 5 heteroatoms. The number of carbonyl (C=O) groups excluding carboxylic acids is 1. The number of nitrogens with two attached hydrogens (primary N) is 1. The highest BCUT2D eigenvalue weighted by Gasteiger charge is 2.51. The number of rotatable bonds is 7. The molecule has 1 aliphatic rings. The number of nitrogens with zero attached hydrogens (tertiary/aromatic N) is 1. The second-order valence-corrected chi connectivity index (χ2v) is 7.46. The van der Waals surface area contributed by atoms with Gasteiger partial charge in [0, 0.05) is 12.6 Å². The highest BCUT2D eigenvalue weighted by Crippen LogP contribution is 2.46. The lowest BCUT2D eigenvalue weighted by molar-refractivity contribution is -0.133. The van der Waals surface area contributed by atoms with Crippen LogP contribution in [0.2, 0.25) is 0 Å². The summed E-state index contributed by atoms with van der Waals surface area (Å²) in [4.78, 5) is 15.1. The monoisotopic (exact) mass is 299 g/mol. The molecule has 0 bridgehead atoms. The van der Waals surface area contributed by atoms with Crippen LogP contribution < -0.4 is 11.1 Å². The van der Waals surface area contributed by atoms with Gasteiger partial charge in [-0.05, 0) is 45.2 Å². The Morgan fingerprint density at radius 3 is 2.35 bits per heavy atom. The van der Waals surface area contributed by atoms with Crippen LogP contribution in [0.3, 0.4) is 0 Å². The Kier molecular flexibility index (Phi) is 5.95. The van der Waals surface area contributed by atoms with Crippen LogP contribution >= 0.6 is 12.2 Å². The fourth-order valence-corrected chi connectivity index (χ4v) is 3.40. The first kappa shape index (κ1) is 17.4. The lowest BCUT2D eigenvalue weighted by Gasteiger charge is -2.45. The lowest BCUT2D eigenvalue weighted by Crippen LogP contribution is -2.58. The zero-order chi connectivity index (χ0) is 15.5. The van der Waals surface area contributed by atoms with Crippen molar-refractivity contribution in [3.63, 3.8) is 0 Å². The summed E-state index contributed by atoms with van der Waals surface area (Å²) in [5, 5.41) is 3.18. The van der Waals surface area contributed by atoms with Crippen molar-refractivity contribution in [1.29, 1.82) is 0 Å². The second kappa shape index (κ2) is 6.85. The molecule has 1 saturated carbocycles. The molecule has 4 nitrogen and oxygen atoms in total. The molecule has 1 amide bonds. The van der Waals surface area contributed by atoms with Gasteiger partial charge in [0.15, 0.2) is 0 Å². The van der Waals surface area contributed by atoms with E-state index in [1.165, 1.54) is 0 Å². The molecule has 1 rings (SSSR count). The van der Waals surface area contributed by atoms with Gasteiger partial charge in [-0.3, -0.25) is 4.79 Å². The predicted octanol–water partition coefficient (Wildman–Crippen LogP) is 1.78. The van der Waals surface area contributed by atoms with Crippen molar-refractivity contribution in [1.82, 2.24) is 10.2 Å². The largest absolute Gasteiger partial charge is 0.392 e. The minimum Gasteiger partial charge on any atom is -0.392 e. The molecule has 116 valence electrons. The van der Waals surface area contributed by atoms with Crippen LogP contribution in [-0.2, 0) is 4.79 Å². The first-order chi connectivity index (χ1) is 9.17. The van der Waals surface area contributed by atoms with Gasteiger partial charge in [-0.25, -0.2) is 0 Å². The second-order valence-electron chi connectivity index (χ2n) is 7.02. The van der Waals surface area contributed by atoms with Crippen LogP contribution in [0.5, 0.6) is 0 Å². The first-order valence-electron chi connectivity index (χ1n) is 7.43. The minimum atomic E-state index is -0.601. The van der Waals surface area contributed by atoms with E-state index in [0.29, 0.717) is 16.8 Å². The topological polar surface area (TPSA) is 58.4 Å². The maximum atomic E-state index is 12.6. The van der Waals surface area contributed by atoms with Gasteiger partial charge in [0.2, 0.25) is 5.91 Å². The van der Waals surface area contributed by atoms with Gasteiger partial charge in [-0.1, -0.05) is 33.0 Å².